The van der Waals surface area contributed by atoms with Gasteiger partial charge in [-0.2, -0.15) is 0 Å². The Morgan fingerprint density at radius 3 is 2.39 bits per heavy atom. The summed E-state index contributed by atoms with van der Waals surface area (Å²) >= 11 is 6.03. The molecule has 28 heavy (non-hydrogen) atoms. The number of rotatable bonds is 5. The summed E-state index contributed by atoms with van der Waals surface area (Å²) < 4.78 is 11.1. The van der Waals surface area contributed by atoms with Gasteiger partial charge in [0, 0.05) is 44.3 Å². The van der Waals surface area contributed by atoms with E-state index in [0.29, 0.717) is 56.7 Å². The van der Waals surface area contributed by atoms with E-state index < -0.39 is 6.10 Å². The molecule has 2 amide bonds. The fourth-order valence-corrected chi connectivity index (χ4v) is 3.55. The molecule has 2 fully saturated rings. The molecule has 3 rings (SSSR count). The minimum atomic E-state index is -0.587. The summed E-state index contributed by atoms with van der Waals surface area (Å²) in [5, 5.41) is 0.671. The van der Waals surface area contributed by atoms with Gasteiger partial charge in [-0.1, -0.05) is 11.6 Å². The first-order valence-corrected chi connectivity index (χ1v) is 10.1. The number of nitrogens with zero attached hydrogens (tertiary/aromatic N) is 3. The van der Waals surface area contributed by atoms with Gasteiger partial charge in [-0.25, -0.2) is 0 Å². The molecule has 0 aliphatic carbocycles. The molecule has 2 aliphatic heterocycles. The van der Waals surface area contributed by atoms with E-state index in [9.17, 15) is 9.59 Å². The fourth-order valence-electron chi connectivity index (χ4n) is 3.43. The Balaban J connectivity index is 1.46. The normalized spacial score (nSPS) is 19.4. The Labute approximate surface area is 171 Å². The van der Waals surface area contributed by atoms with Gasteiger partial charge in [0.25, 0.3) is 5.91 Å². The van der Waals surface area contributed by atoms with E-state index in [2.05, 4.69) is 4.90 Å². The van der Waals surface area contributed by atoms with Crippen molar-refractivity contribution in [3.8, 4) is 5.75 Å². The summed E-state index contributed by atoms with van der Waals surface area (Å²) in [6.07, 6.45) is -0.587. The monoisotopic (exact) mass is 409 g/mol. The van der Waals surface area contributed by atoms with Crippen LogP contribution >= 0.6 is 11.6 Å². The van der Waals surface area contributed by atoms with Crippen LogP contribution in [0.15, 0.2) is 18.2 Å². The lowest BCUT2D eigenvalue weighted by molar-refractivity contribution is -0.144. The van der Waals surface area contributed by atoms with E-state index in [-0.39, 0.29) is 11.8 Å². The number of carbonyl (C=O) groups excluding carboxylic acids is 2. The molecule has 7 nitrogen and oxygen atoms in total. The molecule has 154 valence electrons. The van der Waals surface area contributed by atoms with Gasteiger partial charge < -0.3 is 19.3 Å². The number of benzene rings is 1. The summed E-state index contributed by atoms with van der Waals surface area (Å²) in [7, 11) is 0. The summed E-state index contributed by atoms with van der Waals surface area (Å²) in [6.45, 7) is 9.20. The molecular weight excluding hydrogens is 382 g/mol. The number of carbonyl (C=O) groups is 2. The van der Waals surface area contributed by atoms with Gasteiger partial charge in [0.15, 0.2) is 6.10 Å². The minimum absolute atomic E-state index is 0.0621. The van der Waals surface area contributed by atoms with Gasteiger partial charge in [0.2, 0.25) is 5.91 Å². The number of hydrogen-bond donors (Lipinski definition) is 0. The highest BCUT2D eigenvalue weighted by atomic mass is 35.5. The SMILES string of the molecule is Cc1cc(OC(C)C(=O)N2CCN(C(=O)CN3CCOCC3)CC2)ccc1Cl. The predicted molar refractivity (Wildman–Crippen MR) is 107 cm³/mol. The van der Waals surface area contributed by atoms with E-state index >= 15 is 0 Å². The second-order valence-corrected chi connectivity index (χ2v) is 7.67. The zero-order valence-corrected chi connectivity index (χ0v) is 17.3. The van der Waals surface area contributed by atoms with Gasteiger partial charge in [0.05, 0.1) is 19.8 Å². The summed E-state index contributed by atoms with van der Waals surface area (Å²) in [5.41, 5.74) is 0.909. The van der Waals surface area contributed by atoms with Crippen molar-refractivity contribution < 1.29 is 19.1 Å². The highest BCUT2D eigenvalue weighted by Gasteiger charge is 2.28. The third-order valence-electron chi connectivity index (χ3n) is 5.20. The van der Waals surface area contributed by atoms with Crippen LogP contribution in [0.2, 0.25) is 5.02 Å². The Hall–Kier alpha value is -1.83. The maximum absolute atomic E-state index is 12.7. The van der Waals surface area contributed by atoms with Crippen molar-refractivity contribution in [1.82, 2.24) is 14.7 Å². The zero-order valence-electron chi connectivity index (χ0n) is 16.5. The zero-order chi connectivity index (χ0) is 20.1. The second-order valence-electron chi connectivity index (χ2n) is 7.27. The summed E-state index contributed by atoms with van der Waals surface area (Å²) in [4.78, 5) is 30.9. The van der Waals surface area contributed by atoms with Crippen LogP contribution in [0.4, 0.5) is 0 Å². The van der Waals surface area contributed by atoms with Gasteiger partial charge in [-0.3, -0.25) is 14.5 Å². The fraction of sp³-hybridized carbons (Fsp3) is 0.600. The highest BCUT2D eigenvalue weighted by molar-refractivity contribution is 6.31. The van der Waals surface area contributed by atoms with Crippen molar-refractivity contribution in [3.05, 3.63) is 28.8 Å². The van der Waals surface area contributed by atoms with Crippen LogP contribution in [0, 0.1) is 6.92 Å². The first-order valence-electron chi connectivity index (χ1n) is 9.73. The van der Waals surface area contributed by atoms with Gasteiger partial charge in [-0.15, -0.1) is 0 Å². The van der Waals surface area contributed by atoms with E-state index in [0.717, 1.165) is 18.7 Å². The predicted octanol–water partition coefficient (Wildman–Crippen LogP) is 1.42. The topological polar surface area (TPSA) is 62.3 Å². The van der Waals surface area contributed by atoms with Crippen molar-refractivity contribution in [2.75, 3.05) is 59.0 Å². The smallest absolute Gasteiger partial charge is 0.263 e. The lowest BCUT2D eigenvalue weighted by Gasteiger charge is -2.37. The molecule has 0 N–H and O–H groups in total. The van der Waals surface area contributed by atoms with Gasteiger partial charge >= 0.3 is 0 Å². The molecule has 2 saturated heterocycles. The molecule has 2 heterocycles. The summed E-state index contributed by atoms with van der Waals surface area (Å²) in [6, 6.07) is 5.36. The van der Waals surface area contributed by atoms with Gasteiger partial charge in [-0.05, 0) is 37.6 Å². The largest absolute Gasteiger partial charge is 0.481 e. The first kappa shape index (κ1) is 20.9. The molecule has 0 saturated carbocycles. The number of amides is 2. The number of piperazine rings is 1. The van der Waals surface area contributed by atoms with Crippen LogP contribution in [-0.4, -0.2) is 91.6 Å². The van der Waals surface area contributed by atoms with E-state index in [4.69, 9.17) is 21.1 Å². The van der Waals surface area contributed by atoms with Crippen LogP contribution in [-0.2, 0) is 14.3 Å². The average Bonchev–Trinajstić information content (AvgIpc) is 2.71. The van der Waals surface area contributed by atoms with Crippen LogP contribution in [0.3, 0.4) is 0 Å². The molecule has 0 radical (unpaired) electrons. The molecular formula is C20H28ClN3O4. The number of ether oxygens (including phenoxy) is 2. The molecule has 8 heteroatoms. The average molecular weight is 410 g/mol. The molecule has 2 aliphatic rings. The Bertz CT molecular complexity index is 701. The second kappa shape index (κ2) is 9.58. The van der Waals surface area contributed by atoms with E-state index in [1.807, 2.05) is 17.9 Å². The molecule has 1 aromatic carbocycles. The molecule has 1 unspecified atom stereocenters. The standard InChI is InChI=1S/C20H28ClN3O4/c1-15-13-17(3-4-18(15)21)28-16(2)20(26)24-7-5-23(6-8-24)19(25)14-22-9-11-27-12-10-22/h3-4,13,16H,5-12,14H2,1-2H3. The van der Waals surface area contributed by atoms with Crippen LogP contribution < -0.4 is 4.74 Å². The lowest BCUT2D eigenvalue weighted by Crippen LogP contribution is -2.55. The third-order valence-corrected chi connectivity index (χ3v) is 5.62. The quantitative estimate of drug-likeness (QED) is 0.736. The molecule has 0 aromatic heterocycles. The molecule has 0 spiro atoms. The van der Waals surface area contributed by atoms with Crippen molar-refractivity contribution in [2.45, 2.75) is 20.0 Å². The van der Waals surface area contributed by atoms with Crippen LogP contribution in [0.1, 0.15) is 12.5 Å². The van der Waals surface area contributed by atoms with Crippen molar-refractivity contribution >= 4 is 23.4 Å². The van der Waals surface area contributed by atoms with Crippen LogP contribution in [0.5, 0.6) is 5.75 Å². The van der Waals surface area contributed by atoms with E-state index in [1.165, 1.54) is 0 Å². The Morgan fingerprint density at radius 1 is 1.11 bits per heavy atom. The number of aryl methyl sites for hydroxylation is 1. The molecule has 1 aromatic rings. The maximum atomic E-state index is 12.7. The molecule has 1 atom stereocenters. The number of morpholine rings is 1. The summed E-state index contributed by atoms with van der Waals surface area (Å²) in [5.74, 6) is 0.685. The molecule has 0 bridgehead atoms. The number of hydrogen-bond acceptors (Lipinski definition) is 5. The van der Waals surface area contributed by atoms with Crippen molar-refractivity contribution in [3.63, 3.8) is 0 Å². The number of halogens is 1. The Kier molecular flexibility index (Phi) is 7.15. The van der Waals surface area contributed by atoms with Gasteiger partial charge in [0.1, 0.15) is 5.75 Å². The Morgan fingerprint density at radius 2 is 1.75 bits per heavy atom. The first-order chi connectivity index (χ1) is 13.4. The maximum Gasteiger partial charge on any atom is 0.263 e. The van der Waals surface area contributed by atoms with Crippen molar-refractivity contribution in [1.29, 1.82) is 0 Å². The van der Waals surface area contributed by atoms with E-state index in [1.54, 1.807) is 24.0 Å². The van der Waals surface area contributed by atoms with Crippen molar-refractivity contribution in [2.24, 2.45) is 0 Å². The highest BCUT2D eigenvalue weighted by Crippen LogP contribution is 2.22. The lowest BCUT2D eigenvalue weighted by atomic mass is 10.2. The third kappa shape index (κ3) is 5.37. The van der Waals surface area contributed by atoms with Crippen LogP contribution in [0.25, 0.3) is 0 Å². The minimum Gasteiger partial charge on any atom is -0.481 e.